The summed E-state index contributed by atoms with van der Waals surface area (Å²) >= 11 is 1.22. The molecule has 9 heteroatoms. The molecule has 2 aromatic heterocycles. The molecule has 3 rings (SSSR count). The lowest BCUT2D eigenvalue weighted by atomic mass is 9.85. The first-order valence-electron chi connectivity index (χ1n) is 8.36. The topological polar surface area (TPSA) is 114 Å². The molecule has 0 bridgehead atoms. The van der Waals surface area contributed by atoms with Crippen molar-refractivity contribution in [1.29, 1.82) is 0 Å². The predicted molar refractivity (Wildman–Crippen MR) is 92.5 cm³/mol. The van der Waals surface area contributed by atoms with Crippen molar-refractivity contribution in [3.05, 3.63) is 33.8 Å². The fourth-order valence-electron chi connectivity index (χ4n) is 2.46. The Hall–Kier alpha value is -2.16. The molecule has 1 atom stereocenters. The van der Waals surface area contributed by atoms with Crippen LogP contribution < -0.4 is 10.9 Å². The van der Waals surface area contributed by atoms with Crippen LogP contribution in [-0.2, 0) is 11.2 Å². The Morgan fingerprint density at radius 1 is 1.48 bits per heavy atom. The lowest BCUT2D eigenvalue weighted by molar-refractivity contribution is -0.120. The number of thioether (sulfide) groups is 1. The van der Waals surface area contributed by atoms with E-state index in [0.717, 1.165) is 12.8 Å². The van der Waals surface area contributed by atoms with E-state index in [1.165, 1.54) is 24.2 Å². The van der Waals surface area contributed by atoms with Crippen LogP contribution in [0.1, 0.15) is 49.5 Å². The zero-order chi connectivity index (χ0) is 17.8. The van der Waals surface area contributed by atoms with Crippen LogP contribution in [0.4, 0.5) is 0 Å². The third-order valence-corrected chi connectivity index (χ3v) is 5.08. The number of aromatic nitrogens is 4. The van der Waals surface area contributed by atoms with Crippen LogP contribution in [0.25, 0.3) is 0 Å². The van der Waals surface area contributed by atoms with Gasteiger partial charge in [-0.25, -0.2) is 4.98 Å². The van der Waals surface area contributed by atoms with E-state index >= 15 is 0 Å². The minimum atomic E-state index is -0.374. The van der Waals surface area contributed by atoms with Gasteiger partial charge in [0.2, 0.25) is 11.8 Å². The largest absolute Gasteiger partial charge is 0.355 e. The fraction of sp³-hybridized carbons (Fsp3) is 0.562. The van der Waals surface area contributed by atoms with Gasteiger partial charge in [0.25, 0.3) is 5.56 Å². The van der Waals surface area contributed by atoms with Gasteiger partial charge in [-0.05, 0) is 26.7 Å². The van der Waals surface area contributed by atoms with Crippen molar-refractivity contribution < 1.29 is 9.32 Å². The highest BCUT2D eigenvalue weighted by molar-refractivity contribution is 8.00. The van der Waals surface area contributed by atoms with E-state index < -0.39 is 0 Å². The van der Waals surface area contributed by atoms with E-state index in [2.05, 4.69) is 25.4 Å². The smallest absolute Gasteiger partial charge is 0.251 e. The van der Waals surface area contributed by atoms with E-state index in [1.807, 2.05) is 0 Å². The molecule has 1 aliphatic carbocycles. The van der Waals surface area contributed by atoms with E-state index in [4.69, 9.17) is 4.52 Å². The van der Waals surface area contributed by atoms with Crippen molar-refractivity contribution in [2.75, 3.05) is 6.54 Å². The second-order valence-electron chi connectivity index (χ2n) is 6.17. The molecule has 1 saturated carbocycles. The molecule has 0 aliphatic heterocycles. The molecule has 0 spiro atoms. The number of nitrogens with one attached hydrogen (secondary N) is 2. The predicted octanol–water partition coefficient (Wildman–Crippen LogP) is 1.57. The summed E-state index contributed by atoms with van der Waals surface area (Å²) in [6.07, 6.45) is 3.97. The molecule has 0 radical (unpaired) electrons. The third kappa shape index (κ3) is 4.68. The Labute approximate surface area is 149 Å². The zero-order valence-electron chi connectivity index (χ0n) is 14.2. The Kier molecular flexibility index (Phi) is 5.52. The first-order valence-corrected chi connectivity index (χ1v) is 9.24. The zero-order valence-corrected chi connectivity index (χ0v) is 15.1. The highest BCUT2D eigenvalue weighted by atomic mass is 32.2. The molecule has 134 valence electrons. The van der Waals surface area contributed by atoms with Crippen molar-refractivity contribution in [3.63, 3.8) is 0 Å². The van der Waals surface area contributed by atoms with E-state index in [1.54, 1.807) is 13.8 Å². The van der Waals surface area contributed by atoms with Crippen molar-refractivity contribution >= 4 is 17.7 Å². The van der Waals surface area contributed by atoms with Crippen molar-refractivity contribution in [1.82, 2.24) is 25.4 Å². The van der Waals surface area contributed by atoms with Crippen LogP contribution in [0.5, 0.6) is 0 Å². The summed E-state index contributed by atoms with van der Waals surface area (Å²) in [6, 6.07) is 1.41. The highest BCUT2D eigenvalue weighted by Crippen LogP contribution is 2.35. The summed E-state index contributed by atoms with van der Waals surface area (Å²) in [4.78, 5) is 34.8. The molecule has 1 aliphatic rings. The van der Waals surface area contributed by atoms with E-state index in [0.29, 0.717) is 41.4 Å². The van der Waals surface area contributed by atoms with Crippen LogP contribution in [0, 0.1) is 6.92 Å². The SMILES string of the molecule is Cc1cc(=O)[nH]c(S[C@H](C)C(=O)NCCc2noc(C3CCC3)n2)n1. The summed E-state index contributed by atoms with van der Waals surface area (Å²) < 4.78 is 5.26. The number of amides is 1. The maximum absolute atomic E-state index is 12.2. The van der Waals surface area contributed by atoms with Gasteiger partial charge < -0.3 is 14.8 Å². The van der Waals surface area contributed by atoms with Gasteiger partial charge in [0.05, 0.1) is 5.25 Å². The summed E-state index contributed by atoms with van der Waals surface area (Å²) in [5.74, 6) is 1.62. The number of aromatic amines is 1. The number of nitrogens with zero attached hydrogens (tertiary/aromatic N) is 3. The van der Waals surface area contributed by atoms with Gasteiger partial charge in [0, 0.05) is 30.6 Å². The monoisotopic (exact) mass is 363 g/mol. The summed E-state index contributed by atoms with van der Waals surface area (Å²) in [5, 5.41) is 6.87. The number of carbonyl (C=O) groups is 1. The van der Waals surface area contributed by atoms with Crippen molar-refractivity contribution in [2.45, 2.75) is 55.9 Å². The number of carbonyl (C=O) groups excluding carboxylic acids is 1. The van der Waals surface area contributed by atoms with Crippen LogP contribution in [-0.4, -0.2) is 37.8 Å². The maximum Gasteiger partial charge on any atom is 0.251 e. The van der Waals surface area contributed by atoms with Crippen LogP contribution in [0.15, 0.2) is 20.5 Å². The molecule has 0 aromatic carbocycles. The van der Waals surface area contributed by atoms with Crippen molar-refractivity contribution in [2.24, 2.45) is 0 Å². The van der Waals surface area contributed by atoms with Crippen LogP contribution in [0.3, 0.4) is 0 Å². The third-order valence-electron chi connectivity index (χ3n) is 4.09. The van der Waals surface area contributed by atoms with Crippen LogP contribution >= 0.6 is 11.8 Å². The van der Waals surface area contributed by atoms with E-state index in [-0.39, 0.29) is 16.7 Å². The average Bonchev–Trinajstić information content (AvgIpc) is 2.92. The maximum atomic E-state index is 12.2. The second kappa shape index (κ2) is 7.81. The van der Waals surface area contributed by atoms with Crippen molar-refractivity contribution in [3.8, 4) is 0 Å². The Morgan fingerprint density at radius 3 is 2.96 bits per heavy atom. The lowest BCUT2D eigenvalue weighted by Gasteiger charge is -2.20. The van der Waals surface area contributed by atoms with Gasteiger partial charge in [0.1, 0.15) is 0 Å². The molecular formula is C16H21N5O3S. The minimum Gasteiger partial charge on any atom is -0.355 e. The number of hydrogen-bond acceptors (Lipinski definition) is 7. The van der Waals surface area contributed by atoms with Gasteiger partial charge in [0.15, 0.2) is 11.0 Å². The van der Waals surface area contributed by atoms with E-state index in [9.17, 15) is 9.59 Å². The van der Waals surface area contributed by atoms with Gasteiger partial charge >= 0.3 is 0 Å². The number of H-pyrrole nitrogens is 1. The number of hydrogen-bond donors (Lipinski definition) is 2. The minimum absolute atomic E-state index is 0.128. The molecule has 1 fully saturated rings. The Balaban J connectivity index is 1.45. The van der Waals surface area contributed by atoms with Gasteiger partial charge in [-0.15, -0.1) is 0 Å². The fourth-order valence-corrected chi connectivity index (χ4v) is 3.34. The first-order chi connectivity index (χ1) is 12.0. The molecule has 0 unspecified atom stereocenters. The molecule has 25 heavy (non-hydrogen) atoms. The van der Waals surface area contributed by atoms with Gasteiger partial charge in [-0.2, -0.15) is 4.98 Å². The standard InChI is InChI=1S/C16H21N5O3S/c1-9-8-13(22)20-16(18-9)25-10(2)14(23)17-7-6-12-19-15(24-21-12)11-4-3-5-11/h8,10-11H,3-7H2,1-2H3,(H,17,23)(H,18,20,22)/t10-/m1/s1. The number of aryl methyl sites for hydroxylation is 1. The summed E-state index contributed by atoms with van der Waals surface area (Å²) in [7, 11) is 0. The quantitative estimate of drug-likeness (QED) is 0.567. The summed E-state index contributed by atoms with van der Waals surface area (Å²) in [5.41, 5.74) is 0.403. The second-order valence-corrected chi connectivity index (χ2v) is 7.50. The lowest BCUT2D eigenvalue weighted by Crippen LogP contribution is -2.32. The average molecular weight is 363 g/mol. The molecule has 8 nitrogen and oxygen atoms in total. The molecule has 2 N–H and O–H groups in total. The Bertz CT molecular complexity index is 799. The molecule has 0 saturated heterocycles. The molecule has 2 heterocycles. The summed E-state index contributed by atoms with van der Waals surface area (Å²) in [6.45, 7) is 3.95. The highest BCUT2D eigenvalue weighted by Gasteiger charge is 2.25. The molecule has 1 amide bonds. The number of rotatable bonds is 7. The normalized spacial score (nSPS) is 15.6. The Morgan fingerprint density at radius 2 is 2.28 bits per heavy atom. The van der Waals surface area contributed by atoms with Gasteiger partial charge in [-0.1, -0.05) is 23.3 Å². The van der Waals surface area contributed by atoms with Gasteiger partial charge in [-0.3, -0.25) is 9.59 Å². The molecular weight excluding hydrogens is 342 g/mol. The van der Waals surface area contributed by atoms with Crippen LogP contribution in [0.2, 0.25) is 0 Å². The molecule has 2 aromatic rings. The first kappa shape index (κ1) is 17.7.